The Balaban J connectivity index is 0. The Morgan fingerprint density at radius 3 is 1.00 bits per heavy atom. The Labute approximate surface area is 76.4 Å². The van der Waals surface area contributed by atoms with Crippen LogP contribution >= 0.6 is 0 Å². The molecule has 0 amide bonds. The molecule has 0 aliphatic carbocycles. The van der Waals surface area contributed by atoms with Gasteiger partial charge in [-0.05, 0) is 6.92 Å². The third kappa shape index (κ3) is 5.08. The van der Waals surface area contributed by atoms with E-state index in [2.05, 4.69) is 0 Å². The van der Waals surface area contributed by atoms with Gasteiger partial charge in [0, 0.05) is 0 Å². The second kappa shape index (κ2) is 5.21. The third-order valence-corrected chi connectivity index (χ3v) is 0.911. The van der Waals surface area contributed by atoms with Crippen molar-refractivity contribution in [2.24, 2.45) is 0 Å². The quantitative estimate of drug-likeness (QED) is 0.537. The topological polar surface area (TPSA) is 0 Å². The maximum absolute atomic E-state index is 11.8. The first-order valence-electron chi connectivity index (χ1n) is 3.57. The third-order valence-electron chi connectivity index (χ3n) is 0.911. The van der Waals surface area contributed by atoms with Gasteiger partial charge < -0.3 is 0 Å². The molecule has 0 aliphatic heterocycles. The van der Waals surface area contributed by atoms with Gasteiger partial charge in [0.15, 0.2) is 5.57 Å². The van der Waals surface area contributed by atoms with Crippen molar-refractivity contribution in [3.63, 3.8) is 0 Å². The van der Waals surface area contributed by atoms with Crippen molar-refractivity contribution in [3.8, 4) is 0 Å². The van der Waals surface area contributed by atoms with Crippen molar-refractivity contribution in [1.82, 2.24) is 0 Å². The van der Waals surface area contributed by atoms with Gasteiger partial charge >= 0.3 is 12.4 Å². The first-order valence-corrected chi connectivity index (χ1v) is 3.57. The van der Waals surface area contributed by atoms with E-state index in [1.807, 2.05) is 13.8 Å². The van der Waals surface area contributed by atoms with Gasteiger partial charge in [0.05, 0.1) is 0 Å². The van der Waals surface area contributed by atoms with Crippen molar-refractivity contribution in [2.75, 3.05) is 0 Å². The summed E-state index contributed by atoms with van der Waals surface area (Å²) in [6.07, 6.45) is -11.4. The fraction of sp³-hybridized carbons (Fsp3) is 0.714. The zero-order valence-corrected chi connectivity index (χ0v) is 7.65. The van der Waals surface area contributed by atoms with Crippen LogP contribution < -0.4 is 0 Å². The van der Waals surface area contributed by atoms with Crippen LogP contribution in [-0.4, -0.2) is 12.4 Å². The molecule has 0 spiro atoms. The summed E-state index contributed by atoms with van der Waals surface area (Å²) in [5, 5.41) is 0. The fourth-order valence-electron chi connectivity index (χ4n) is 0.551. The van der Waals surface area contributed by atoms with Crippen LogP contribution in [0.15, 0.2) is 11.4 Å². The average Bonchev–Trinajstić information content (AvgIpc) is 1.82. The Bertz CT molecular complexity index is 175. The Hall–Kier alpha value is -0.750. The second-order valence-electron chi connectivity index (χ2n) is 1.90. The number of allylic oxidation sites excluding steroid dienone is 2. The predicted octanol–water partition coefficient (Wildman–Crippen LogP) is 4.38. The van der Waals surface area contributed by atoms with Crippen LogP contribution in [-0.2, 0) is 0 Å². The molecule has 0 aromatic heterocycles. The number of hydrogen-bond donors (Lipinski definition) is 0. The molecule has 0 heterocycles. The molecule has 86 valence electrons. The Kier molecular flexibility index (Phi) is 5.85. The minimum absolute atomic E-state index is 0.107. The van der Waals surface area contributed by atoms with Gasteiger partial charge in [0.1, 0.15) is 5.83 Å². The smallest absolute Gasteiger partial charge is 0.211 e. The lowest BCUT2D eigenvalue weighted by Gasteiger charge is -2.14. The molecule has 0 nitrogen and oxygen atoms in total. The van der Waals surface area contributed by atoms with Crippen molar-refractivity contribution in [3.05, 3.63) is 11.4 Å². The standard InChI is InChI=1S/C5H3F7.C2H6/c1-2(6)3(4(7,8)9)5(10,11)12;1-2/h1H3;1-2H3. The highest BCUT2D eigenvalue weighted by atomic mass is 19.4. The van der Waals surface area contributed by atoms with E-state index in [1.54, 1.807) is 0 Å². The molecule has 14 heavy (non-hydrogen) atoms. The molecule has 0 fully saturated rings. The van der Waals surface area contributed by atoms with Crippen molar-refractivity contribution < 1.29 is 30.7 Å². The summed E-state index contributed by atoms with van der Waals surface area (Å²) in [6, 6.07) is 0. The van der Waals surface area contributed by atoms with Crippen LogP contribution in [0.3, 0.4) is 0 Å². The van der Waals surface area contributed by atoms with Gasteiger partial charge in [0.25, 0.3) is 0 Å². The molecule has 0 bridgehead atoms. The van der Waals surface area contributed by atoms with Crippen molar-refractivity contribution >= 4 is 0 Å². The summed E-state index contributed by atoms with van der Waals surface area (Å²) in [5.74, 6) is -2.28. The molecule has 0 atom stereocenters. The number of alkyl halides is 6. The zero-order chi connectivity index (χ0) is 12.2. The molecular weight excluding hydrogens is 217 g/mol. The lowest BCUT2D eigenvalue weighted by molar-refractivity contribution is -0.174. The number of halogens is 7. The lowest BCUT2D eigenvalue weighted by atomic mass is 10.2. The second-order valence-corrected chi connectivity index (χ2v) is 1.90. The maximum Gasteiger partial charge on any atom is 0.423 e. The van der Waals surface area contributed by atoms with E-state index in [-0.39, 0.29) is 6.92 Å². The highest BCUT2D eigenvalue weighted by Gasteiger charge is 2.52. The summed E-state index contributed by atoms with van der Waals surface area (Å²) >= 11 is 0. The van der Waals surface area contributed by atoms with E-state index < -0.39 is 23.8 Å². The summed E-state index contributed by atoms with van der Waals surface area (Å²) in [4.78, 5) is 0. The first-order chi connectivity index (χ1) is 6.07. The van der Waals surface area contributed by atoms with E-state index >= 15 is 0 Å². The summed E-state index contributed by atoms with van der Waals surface area (Å²) in [6.45, 7) is 4.11. The molecule has 0 aliphatic rings. The van der Waals surface area contributed by atoms with Crippen molar-refractivity contribution in [2.45, 2.75) is 33.1 Å². The molecule has 0 unspecified atom stereocenters. The fourth-order valence-corrected chi connectivity index (χ4v) is 0.551. The molecule has 0 aromatic rings. The molecule has 0 saturated heterocycles. The molecule has 0 saturated carbocycles. The normalized spacial score (nSPS) is 11.6. The van der Waals surface area contributed by atoms with Crippen LogP contribution in [0.4, 0.5) is 30.7 Å². The van der Waals surface area contributed by atoms with E-state index in [4.69, 9.17) is 0 Å². The van der Waals surface area contributed by atoms with Gasteiger partial charge in [-0.25, -0.2) is 4.39 Å². The summed E-state index contributed by atoms with van der Waals surface area (Å²) in [7, 11) is 0. The Morgan fingerprint density at radius 2 is 1.00 bits per heavy atom. The van der Waals surface area contributed by atoms with Crippen LogP contribution in [0.5, 0.6) is 0 Å². The first kappa shape index (κ1) is 15.7. The van der Waals surface area contributed by atoms with Crippen LogP contribution in [0, 0.1) is 0 Å². The largest absolute Gasteiger partial charge is 0.423 e. The predicted molar refractivity (Wildman–Crippen MR) is 37.3 cm³/mol. The number of rotatable bonds is 0. The van der Waals surface area contributed by atoms with Gasteiger partial charge in [-0.1, -0.05) is 13.8 Å². The SMILES string of the molecule is CC.CC(F)=C(C(F)(F)F)C(F)(F)F. The zero-order valence-electron chi connectivity index (χ0n) is 7.65. The maximum atomic E-state index is 11.8. The Morgan fingerprint density at radius 1 is 0.786 bits per heavy atom. The van der Waals surface area contributed by atoms with E-state index in [9.17, 15) is 30.7 Å². The van der Waals surface area contributed by atoms with Crippen molar-refractivity contribution in [1.29, 1.82) is 0 Å². The summed E-state index contributed by atoms with van der Waals surface area (Å²) < 4.78 is 80.5. The minimum Gasteiger partial charge on any atom is -0.211 e. The van der Waals surface area contributed by atoms with Gasteiger partial charge in [-0.2, -0.15) is 26.3 Å². The highest BCUT2D eigenvalue weighted by molar-refractivity contribution is 5.17. The monoisotopic (exact) mass is 226 g/mol. The lowest BCUT2D eigenvalue weighted by Crippen LogP contribution is -2.27. The van der Waals surface area contributed by atoms with Gasteiger partial charge in [-0.3, -0.25) is 0 Å². The van der Waals surface area contributed by atoms with Crippen LogP contribution in [0.1, 0.15) is 20.8 Å². The van der Waals surface area contributed by atoms with Crippen LogP contribution in [0.25, 0.3) is 0 Å². The van der Waals surface area contributed by atoms with E-state index in [1.165, 1.54) is 0 Å². The number of hydrogen-bond acceptors (Lipinski definition) is 0. The molecule has 0 aromatic carbocycles. The van der Waals surface area contributed by atoms with Gasteiger partial charge in [-0.15, -0.1) is 0 Å². The molecular formula is C7H9F7. The van der Waals surface area contributed by atoms with Crippen LogP contribution in [0.2, 0.25) is 0 Å². The van der Waals surface area contributed by atoms with E-state index in [0.29, 0.717) is 0 Å². The van der Waals surface area contributed by atoms with E-state index in [0.717, 1.165) is 0 Å². The molecule has 7 heteroatoms. The molecule has 0 rings (SSSR count). The highest BCUT2D eigenvalue weighted by Crippen LogP contribution is 2.40. The average molecular weight is 226 g/mol. The molecule has 0 radical (unpaired) electrons. The minimum atomic E-state index is -5.70. The summed E-state index contributed by atoms with van der Waals surface area (Å²) in [5.41, 5.74) is -3.09. The molecule has 0 N–H and O–H groups in total. The van der Waals surface area contributed by atoms with Gasteiger partial charge in [0.2, 0.25) is 0 Å².